The van der Waals surface area contributed by atoms with Gasteiger partial charge in [0.2, 0.25) is 0 Å². The Bertz CT molecular complexity index is 476. The van der Waals surface area contributed by atoms with Crippen molar-refractivity contribution in [2.24, 2.45) is 0 Å². The van der Waals surface area contributed by atoms with E-state index in [9.17, 15) is 14.4 Å². The second-order valence-electron chi connectivity index (χ2n) is 3.40. The zero-order chi connectivity index (χ0) is 13.0. The van der Waals surface area contributed by atoms with Gasteiger partial charge in [0.05, 0.1) is 5.56 Å². The number of carbonyl (C=O) groups is 3. The van der Waals surface area contributed by atoms with Crippen LogP contribution in [0.15, 0.2) is 18.2 Å². The van der Waals surface area contributed by atoms with Crippen molar-refractivity contribution in [2.75, 3.05) is 0 Å². The fourth-order valence-electron chi connectivity index (χ4n) is 1.26. The number of ketones is 1. The lowest BCUT2D eigenvalue weighted by molar-refractivity contribution is -0.133. The number of rotatable bonds is 3. The van der Waals surface area contributed by atoms with Crippen LogP contribution in [0.5, 0.6) is 11.5 Å². The summed E-state index contributed by atoms with van der Waals surface area (Å²) >= 11 is 0. The Hall–Kier alpha value is -2.17. The summed E-state index contributed by atoms with van der Waals surface area (Å²) in [6.07, 6.45) is 0. The summed E-state index contributed by atoms with van der Waals surface area (Å²) in [5.74, 6) is -0.901. The summed E-state index contributed by atoms with van der Waals surface area (Å²) in [7, 11) is 0. The summed E-state index contributed by atoms with van der Waals surface area (Å²) in [5.41, 5.74) is 0.193. The van der Waals surface area contributed by atoms with Gasteiger partial charge in [-0.2, -0.15) is 0 Å². The van der Waals surface area contributed by atoms with E-state index in [1.54, 1.807) is 0 Å². The van der Waals surface area contributed by atoms with E-state index in [-0.39, 0.29) is 22.8 Å². The molecule has 0 radical (unpaired) electrons. The molecule has 0 spiro atoms. The lowest BCUT2D eigenvalue weighted by atomic mass is 10.1. The van der Waals surface area contributed by atoms with Crippen molar-refractivity contribution in [3.63, 3.8) is 0 Å². The van der Waals surface area contributed by atoms with Gasteiger partial charge in [-0.1, -0.05) is 0 Å². The minimum atomic E-state index is -0.521. The standard InChI is InChI=1S/C12H12O5/c1-7(13)11-6-10(16-8(2)14)4-5-12(11)17-9(3)15/h4-6H,1-3H3. The molecule has 0 N–H and O–H groups in total. The predicted octanol–water partition coefficient (Wildman–Crippen LogP) is 1.74. The molecule has 0 fully saturated rings. The second-order valence-corrected chi connectivity index (χ2v) is 3.40. The van der Waals surface area contributed by atoms with Gasteiger partial charge in [-0.05, 0) is 25.1 Å². The van der Waals surface area contributed by atoms with Crippen LogP contribution < -0.4 is 9.47 Å². The van der Waals surface area contributed by atoms with E-state index in [0.717, 1.165) is 0 Å². The number of carbonyl (C=O) groups excluding carboxylic acids is 3. The molecule has 1 rings (SSSR count). The van der Waals surface area contributed by atoms with Crippen molar-refractivity contribution in [3.8, 4) is 11.5 Å². The molecule has 0 saturated heterocycles. The molecule has 5 nitrogen and oxygen atoms in total. The molecule has 0 bridgehead atoms. The predicted molar refractivity (Wildman–Crippen MR) is 59.1 cm³/mol. The molecule has 0 aliphatic rings. The fraction of sp³-hybridized carbons (Fsp3) is 0.250. The van der Waals surface area contributed by atoms with Crippen molar-refractivity contribution in [1.82, 2.24) is 0 Å². The Morgan fingerprint density at radius 2 is 1.53 bits per heavy atom. The van der Waals surface area contributed by atoms with Crippen LogP contribution in [0, 0.1) is 0 Å². The van der Waals surface area contributed by atoms with Crippen LogP contribution in [0.1, 0.15) is 31.1 Å². The molecule has 1 aromatic carbocycles. The lowest BCUT2D eigenvalue weighted by Crippen LogP contribution is -2.07. The molecule has 0 aliphatic heterocycles. The SMILES string of the molecule is CC(=O)Oc1ccc(OC(C)=O)c(C(C)=O)c1. The summed E-state index contributed by atoms with van der Waals surface area (Å²) in [4.78, 5) is 33.0. The second kappa shape index (κ2) is 5.25. The van der Waals surface area contributed by atoms with Crippen LogP contribution >= 0.6 is 0 Å². The number of esters is 2. The molecular weight excluding hydrogens is 224 g/mol. The van der Waals surface area contributed by atoms with Gasteiger partial charge in [-0.3, -0.25) is 14.4 Å². The van der Waals surface area contributed by atoms with Gasteiger partial charge in [-0.15, -0.1) is 0 Å². The molecule has 0 saturated carbocycles. The average molecular weight is 236 g/mol. The molecule has 5 heteroatoms. The van der Waals surface area contributed by atoms with Gasteiger partial charge in [-0.25, -0.2) is 0 Å². The van der Waals surface area contributed by atoms with Crippen LogP contribution in [-0.4, -0.2) is 17.7 Å². The van der Waals surface area contributed by atoms with Crippen LogP contribution in [0.3, 0.4) is 0 Å². The Morgan fingerprint density at radius 3 is 2.00 bits per heavy atom. The van der Waals surface area contributed by atoms with Crippen molar-refractivity contribution in [1.29, 1.82) is 0 Å². The first kappa shape index (κ1) is 12.9. The molecule has 17 heavy (non-hydrogen) atoms. The smallest absolute Gasteiger partial charge is 0.308 e. The number of hydrogen-bond acceptors (Lipinski definition) is 5. The van der Waals surface area contributed by atoms with E-state index in [2.05, 4.69) is 0 Å². The fourth-order valence-corrected chi connectivity index (χ4v) is 1.26. The Kier molecular flexibility index (Phi) is 3.98. The van der Waals surface area contributed by atoms with Gasteiger partial charge in [0.15, 0.2) is 5.78 Å². The maximum Gasteiger partial charge on any atom is 0.308 e. The zero-order valence-corrected chi connectivity index (χ0v) is 9.77. The minimum absolute atomic E-state index is 0.154. The van der Waals surface area contributed by atoms with Crippen LogP contribution in [0.2, 0.25) is 0 Å². The number of ether oxygens (including phenoxy) is 2. The molecule has 0 aromatic heterocycles. The van der Waals surface area contributed by atoms with E-state index >= 15 is 0 Å². The third kappa shape index (κ3) is 3.71. The van der Waals surface area contributed by atoms with E-state index < -0.39 is 11.9 Å². The van der Waals surface area contributed by atoms with Crippen molar-refractivity contribution in [3.05, 3.63) is 23.8 Å². The van der Waals surface area contributed by atoms with E-state index in [1.807, 2.05) is 0 Å². The summed E-state index contributed by atoms with van der Waals surface area (Å²) in [6, 6.07) is 4.23. The summed E-state index contributed by atoms with van der Waals surface area (Å²) in [5, 5.41) is 0. The molecular formula is C12H12O5. The molecule has 0 heterocycles. The van der Waals surface area contributed by atoms with Crippen LogP contribution in [-0.2, 0) is 9.59 Å². The van der Waals surface area contributed by atoms with Crippen LogP contribution in [0.25, 0.3) is 0 Å². The highest BCUT2D eigenvalue weighted by Crippen LogP contribution is 2.25. The first-order valence-electron chi connectivity index (χ1n) is 4.92. The van der Waals surface area contributed by atoms with E-state index in [0.29, 0.717) is 0 Å². The monoisotopic (exact) mass is 236 g/mol. The Labute approximate surface area is 98.3 Å². The zero-order valence-electron chi connectivity index (χ0n) is 9.77. The first-order chi connectivity index (χ1) is 7.90. The average Bonchev–Trinajstić information content (AvgIpc) is 2.18. The summed E-state index contributed by atoms with van der Waals surface area (Å²) < 4.78 is 9.70. The third-order valence-corrected chi connectivity index (χ3v) is 1.85. The van der Waals surface area contributed by atoms with Gasteiger partial charge < -0.3 is 9.47 Å². The highest BCUT2D eigenvalue weighted by Gasteiger charge is 2.12. The van der Waals surface area contributed by atoms with Gasteiger partial charge in [0.25, 0.3) is 0 Å². The molecule has 0 aliphatic carbocycles. The Balaban J connectivity index is 3.12. The maximum absolute atomic E-state index is 11.4. The number of Topliss-reactive ketones (excluding diaryl/α,β-unsaturated/α-hetero) is 1. The highest BCUT2D eigenvalue weighted by atomic mass is 16.5. The first-order valence-corrected chi connectivity index (χ1v) is 4.92. The van der Waals surface area contributed by atoms with Gasteiger partial charge in [0, 0.05) is 13.8 Å². The van der Waals surface area contributed by atoms with E-state index in [1.165, 1.54) is 39.0 Å². The highest BCUT2D eigenvalue weighted by molar-refractivity contribution is 5.98. The van der Waals surface area contributed by atoms with Crippen molar-refractivity contribution < 1.29 is 23.9 Å². The maximum atomic E-state index is 11.4. The normalized spacial score (nSPS) is 9.59. The molecule has 0 unspecified atom stereocenters. The lowest BCUT2D eigenvalue weighted by Gasteiger charge is -2.08. The molecule has 0 atom stereocenters. The topological polar surface area (TPSA) is 69.7 Å². The quantitative estimate of drug-likeness (QED) is 0.454. The third-order valence-electron chi connectivity index (χ3n) is 1.85. The van der Waals surface area contributed by atoms with Gasteiger partial charge in [0.1, 0.15) is 11.5 Å². The van der Waals surface area contributed by atoms with E-state index in [4.69, 9.17) is 9.47 Å². The minimum Gasteiger partial charge on any atom is -0.427 e. The summed E-state index contributed by atoms with van der Waals surface area (Å²) in [6.45, 7) is 3.83. The largest absolute Gasteiger partial charge is 0.427 e. The molecule has 1 aromatic rings. The molecule has 90 valence electrons. The van der Waals surface area contributed by atoms with Crippen molar-refractivity contribution >= 4 is 17.7 Å². The molecule has 0 amide bonds. The van der Waals surface area contributed by atoms with Gasteiger partial charge >= 0.3 is 11.9 Å². The van der Waals surface area contributed by atoms with Crippen molar-refractivity contribution in [2.45, 2.75) is 20.8 Å². The van der Waals surface area contributed by atoms with Crippen LogP contribution in [0.4, 0.5) is 0 Å². The Morgan fingerprint density at radius 1 is 0.941 bits per heavy atom. The number of hydrogen-bond donors (Lipinski definition) is 0. The number of benzene rings is 1.